The summed E-state index contributed by atoms with van der Waals surface area (Å²) in [4.78, 5) is 22.4. The van der Waals surface area contributed by atoms with Gasteiger partial charge in [-0.2, -0.15) is 4.98 Å². The van der Waals surface area contributed by atoms with Crippen LogP contribution in [0, 0.1) is 0 Å². The molecule has 1 aliphatic rings. The van der Waals surface area contributed by atoms with Crippen LogP contribution in [0.5, 0.6) is 11.5 Å². The molecule has 2 aromatic heterocycles. The Morgan fingerprint density at radius 3 is 2.82 bits per heavy atom. The molecule has 0 radical (unpaired) electrons. The Morgan fingerprint density at radius 1 is 1.12 bits per heavy atom. The van der Waals surface area contributed by atoms with E-state index >= 15 is 0 Å². The van der Waals surface area contributed by atoms with E-state index in [-0.39, 0.29) is 11.8 Å². The summed E-state index contributed by atoms with van der Waals surface area (Å²) in [6.45, 7) is 6.27. The lowest BCUT2D eigenvalue weighted by Crippen LogP contribution is -2.27. The number of rotatable bonds is 9. The summed E-state index contributed by atoms with van der Waals surface area (Å²) in [6.07, 6.45) is 3.01. The normalized spacial score (nSPS) is 15.9. The smallest absolute Gasteiger partial charge is 0.258 e. The molecular formula is C26H28N4O4. The minimum atomic E-state index is -0.0743. The second-order valence-electron chi connectivity index (χ2n) is 8.34. The van der Waals surface area contributed by atoms with Crippen molar-refractivity contribution >= 4 is 16.8 Å². The van der Waals surface area contributed by atoms with Crippen LogP contribution >= 0.6 is 0 Å². The van der Waals surface area contributed by atoms with Crippen molar-refractivity contribution in [2.24, 2.45) is 0 Å². The average Bonchev–Trinajstić information content (AvgIpc) is 3.59. The number of likely N-dealkylation sites (tertiary alicyclic amines) is 1. The summed E-state index contributed by atoms with van der Waals surface area (Å²) in [5.41, 5.74) is 3.00. The maximum absolute atomic E-state index is 12.7. The molecule has 1 fully saturated rings. The van der Waals surface area contributed by atoms with Crippen molar-refractivity contribution in [1.82, 2.24) is 20.0 Å². The van der Waals surface area contributed by atoms with Crippen molar-refractivity contribution < 1.29 is 18.8 Å². The number of nitrogens with zero attached hydrogens (tertiary/aromatic N) is 3. The monoisotopic (exact) mass is 460 g/mol. The van der Waals surface area contributed by atoms with Gasteiger partial charge in [0, 0.05) is 48.1 Å². The molecule has 2 aromatic carbocycles. The van der Waals surface area contributed by atoms with Gasteiger partial charge in [-0.15, -0.1) is 0 Å². The number of hydrogen-bond acceptors (Lipinski definition) is 6. The highest BCUT2D eigenvalue weighted by Crippen LogP contribution is 2.32. The van der Waals surface area contributed by atoms with Gasteiger partial charge in [0.05, 0.1) is 13.2 Å². The van der Waals surface area contributed by atoms with Crippen molar-refractivity contribution in [2.45, 2.75) is 32.6 Å². The zero-order valence-electron chi connectivity index (χ0n) is 19.4. The van der Waals surface area contributed by atoms with Gasteiger partial charge in [-0.05, 0) is 56.2 Å². The van der Waals surface area contributed by atoms with Gasteiger partial charge < -0.3 is 23.9 Å². The standard InChI is InChI=1S/C26H28N4O4/c1-3-32-22-9-8-17(14-23(22)33-4-2)11-13-30-16-18(15-24(30)31)25-28-26(34-29-25)20-6-5-7-21-19(20)10-12-27-21/h5-10,12,14,18,27H,3-4,11,13,15-16H2,1-2H3. The number of aromatic nitrogens is 3. The molecule has 176 valence electrons. The number of fused-ring (bicyclic) bond motifs is 1. The number of amides is 1. The van der Waals surface area contributed by atoms with Gasteiger partial charge in [0.25, 0.3) is 5.89 Å². The zero-order valence-corrected chi connectivity index (χ0v) is 19.4. The molecule has 4 aromatic rings. The SMILES string of the molecule is CCOc1ccc(CCN2CC(c3noc(-c4cccc5[nH]ccc45)n3)CC2=O)cc1OCC. The number of H-pyrrole nitrogens is 1. The molecule has 0 bridgehead atoms. The molecule has 0 saturated carbocycles. The quantitative estimate of drug-likeness (QED) is 0.393. The lowest BCUT2D eigenvalue weighted by molar-refractivity contribution is -0.127. The van der Waals surface area contributed by atoms with Crippen LogP contribution in [0.2, 0.25) is 0 Å². The van der Waals surface area contributed by atoms with Crippen LogP contribution in [0.3, 0.4) is 0 Å². The predicted octanol–water partition coefficient (Wildman–Crippen LogP) is 4.57. The van der Waals surface area contributed by atoms with Gasteiger partial charge in [0.15, 0.2) is 17.3 Å². The van der Waals surface area contributed by atoms with E-state index in [0.717, 1.165) is 39.9 Å². The van der Waals surface area contributed by atoms with E-state index in [1.807, 2.05) is 67.4 Å². The molecular weight excluding hydrogens is 432 g/mol. The molecule has 0 aliphatic carbocycles. The first-order valence-electron chi connectivity index (χ1n) is 11.7. The summed E-state index contributed by atoms with van der Waals surface area (Å²) in [5.74, 6) is 2.58. The van der Waals surface area contributed by atoms with Crippen LogP contribution in [-0.4, -0.2) is 52.2 Å². The summed E-state index contributed by atoms with van der Waals surface area (Å²) in [7, 11) is 0. The molecule has 3 heterocycles. The molecule has 1 unspecified atom stereocenters. The largest absolute Gasteiger partial charge is 0.490 e. The first kappa shape index (κ1) is 22.0. The number of carbonyl (C=O) groups is 1. The Balaban J connectivity index is 1.25. The molecule has 5 rings (SSSR count). The van der Waals surface area contributed by atoms with E-state index < -0.39 is 0 Å². The highest BCUT2D eigenvalue weighted by molar-refractivity contribution is 5.92. The fourth-order valence-electron chi connectivity index (χ4n) is 4.46. The third-order valence-electron chi connectivity index (χ3n) is 6.12. The number of hydrogen-bond donors (Lipinski definition) is 1. The van der Waals surface area contributed by atoms with Crippen molar-refractivity contribution in [3.63, 3.8) is 0 Å². The van der Waals surface area contributed by atoms with E-state index in [1.165, 1.54) is 0 Å². The fraction of sp³-hybridized carbons (Fsp3) is 0.346. The second kappa shape index (κ2) is 9.59. The predicted molar refractivity (Wildman–Crippen MR) is 128 cm³/mol. The molecule has 1 atom stereocenters. The molecule has 34 heavy (non-hydrogen) atoms. The average molecular weight is 461 g/mol. The number of aromatic amines is 1. The highest BCUT2D eigenvalue weighted by Gasteiger charge is 2.33. The van der Waals surface area contributed by atoms with Crippen LogP contribution in [0.25, 0.3) is 22.4 Å². The third kappa shape index (κ3) is 4.35. The fourth-order valence-corrected chi connectivity index (χ4v) is 4.46. The van der Waals surface area contributed by atoms with Crippen LogP contribution in [0.4, 0.5) is 0 Å². The van der Waals surface area contributed by atoms with Crippen molar-refractivity contribution in [2.75, 3.05) is 26.3 Å². The van der Waals surface area contributed by atoms with Gasteiger partial charge in [-0.3, -0.25) is 4.79 Å². The summed E-state index contributed by atoms with van der Waals surface area (Å²) < 4.78 is 16.9. The molecule has 1 saturated heterocycles. The van der Waals surface area contributed by atoms with Crippen LogP contribution < -0.4 is 9.47 Å². The number of nitrogens with one attached hydrogen (secondary N) is 1. The Labute approximate surface area is 197 Å². The number of carbonyl (C=O) groups excluding carboxylic acids is 1. The molecule has 1 amide bonds. The van der Waals surface area contributed by atoms with Crippen molar-refractivity contribution in [3.8, 4) is 23.0 Å². The maximum Gasteiger partial charge on any atom is 0.258 e. The van der Waals surface area contributed by atoms with E-state index in [0.29, 0.717) is 44.4 Å². The molecule has 8 nitrogen and oxygen atoms in total. The topological polar surface area (TPSA) is 93.5 Å². The third-order valence-corrected chi connectivity index (χ3v) is 6.12. The number of ether oxygens (including phenoxy) is 2. The van der Waals surface area contributed by atoms with Gasteiger partial charge >= 0.3 is 0 Å². The zero-order chi connectivity index (χ0) is 23.5. The Bertz CT molecular complexity index is 1290. The van der Waals surface area contributed by atoms with Gasteiger partial charge in [-0.25, -0.2) is 0 Å². The van der Waals surface area contributed by atoms with Gasteiger partial charge in [0.2, 0.25) is 5.91 Å². The van der Waals surface area contributed by atoms with E-state index in [1.54, 1.807) is 0 Å². The van der Waals surface area contributed by atoms with Crippen LogP contribution in [0.15, 0.2) is 53.2 Å². The highest BCUT2D eigenvalue weighted by atomic mass is 16.5. The van der Waals surface area contributed by atoms with Gasteiger partial charge in [0.1, 0.15) is 0 Å². The molecule has 1 N–H and O–H groups in total. The Morgan fingerprint density at radius 2 is 1.97 bits per heavy atom. The lowest BCUT2D eigenvalue weighted by Gasteiger charge is -2.17. The summed E-state index contributed by atoms with van der Waals surface area (Å²) >= 11 is 0. The van der Waals surface area contributed by atoms with Crippen molar-refractivity contribution in [3.05, 3.63) is 60.0 Å². The van der Waals surface area contributed by atoms with Crippen LogP contribution in [0.1, 0.15) is 37.6 Å². The Kier molecular flexibility index (Phi) is 6.20. The lowest BCUT2D eigenvalue weighted by atomic mass is 10.1. The second-order valence-corrected chi connectivity index (χ2v) is 8.34. The molecule has 1 aliphatic heterocycles. The van der Waals surface area contributed by atoms with Crippen LogP contribution in [-0.2, 0) is 11.2 Å². The minimum absolute atomic E-state index is 0.0743. The van der Waals surface area contributed by atoms with E-state index in [9.17, 15) is 4.79 Å². The van der Waals surface area contributed by atoms with Crippen molar-refractivity contribution in [1.29, 1.82) is 0 Å². The summed E-state index contributed by atoms with van der Waals surface area (Å²) in [6, 6.07) is 13.9. The van der Waals surface area contributed by atoms with E-state index in [4.69, 9.17) is 14.0 Å². The molecule has 8 heteroatoms. The first-order valence-corrected chi connectivity index (χ1v) is 11.7. The first-order chi connectivity index (χ1) is 16.7. The Hall–Kier alpha value is -3.81. The van der Waals surface area contributed by atoms with Gasteiger partial charge in [-0.1, -0.05) is 17.3 Å². The summed E-state index contributed by atoms with van der Waals surface area (Å²) in [5, 5.41) is 5.24. The minimum Gasteiger partial charge on any atom is -0.490 e. The maximum atomic E-state index is 12.7. The number of benzene rings is 2. The van der Waals surface area contributed by atoms with E-state index in [2.05, 4.69) is 15.1 Å². The molecule has 0 spiro atoms.